The van der Waals surface area contributed by atoms with Crippen LogP contribution in [-0.4, -0.2) is 18.4 Å². The van der Waals surface area contributed by atoms with E-state index in [1.165, 1.54) is 50.1 Å². The Kier molecular flexibility index (Phi) is 15.0. The van der Waals surface area contributed by atoms with Gasteiger partial charge in [0.05, 0.1) is 12.0 Å². The maximum atomic E-state index is 6.54. The molecule has 6 nitrogen and oxygen atoms in total. The molecule has 6 heteroatoms. The van der Waals surface area contributed by atoms with Gasteiger partial charge in [0, 0.05) is 28.3 Å². The fraction of sp³-hybridized carbons (Fsp3) is 0.0822. The number of anilines is 1. The van der Waals surface area contributed by atoms with Crippen molar-refractivity contribution in [2.24, 2.45) is 15.0 Å². The van der Waals surface area contributed by atoms with Crippen molar-refractivity contribution in [3.8, 4) is 39.1 Å². The Hall–Kier alpha value is -9.91. The van der Waals surface area contributed by atoms with Gasteiger partial charge in [-0.1, -0.05) is 225 Å². The van der Waals surface area contributed by atoms with Gasteiger partial charge in [-0.05, 0) is 136 Å². The third-order valence-electron chi connectivity index (χ3n) is 14.8. The number of rotatable bonds is 10. The van der Waals surface area contributed by atoms with Crippen LogP contribution in [0.5, 0.6) is 5.75 Å². The lowest BCUT2D eigenvalue weighted by Crippen LogP contribution is -2.25. The minimum absolute atomic E-state index is 0.212. The summed E-state index contributed by atoms with van der Waals surface area (Å²) in [5, 5.41) is 0. The van der Waals surface area contributed by atoms with Gasteiger partial charge in [-0.3, -0.25) is 4.99 Å². The number of aliphatic imine (C=N–C) groups is 3. The summed E-state index contributed by atoms with van der Waals surface area (Å²) >= 11 is 0. The maximum absolute atomic E-state index is 6.54. The average molecular weight is 1030 g/mol. The first-order chi connectivity index (χ1) is 38.8. The molecule has 0 radical (unpaired) electrons. The van der Waals surface area contributed by atoms with E-state index >= 15 is 0 Å². The number of amidine groups is 2. The van der Waals surface area contributed by atoms with Crippen LogP contribution in [0.3, 0.4) is 0 Å². The standard InChI is InChI=1S/C48H43N3O2.C25H17N/c1-5-6-24-45(35(2)31-47(50-34-37-17-9-7-10-18-37)51-48(49-4)40-20-11-8-12-21-40)53-44-29-27-38(28-30-44)41-22-15-23-42(32-41)43-26-25-39-19-14-13-16-36(3)52-46(39)33-43;26-23-15-7-14-22-24(23)18-10-3-6-13-21(18)25(22)19-11-4-1-8-16(19)17-9-2-5-12-20(17)25/h5-27,29-33,38H,3-4,28,34H2,1-2H3;1-15H,26H2/b6-5-,16-13-,19-14-,35-31?,45-24+,50-47?,51-48?;. The van der Waals surface area contributed by atoms with E-state index < -0.39 is 0 Å². The summed E-state index contributed by atoms with van der Waals surface area (Å²) in [5.74, 6) is 4.12. The van der Waals surface area contributed by atoms with Crippen molar-refractivity contribution >= 4 is 30.2 Å². The molecule has 0 bridgehead atoms. The van der Waals surface area contributed by atoms with Gasteiger partial charge in [0.15, 0.2) is 11.7 Å². The highest BCUT2D eigenvalue weighted by Crippen LogP contribution is 2.63. The van der Waals surface area contributed by atoms with Crippen LogP contribution < -0.4 is 10.5 Å². The highest BCUT2D eigenvalue weighted by Gasteiger charge is 2.51. The summed E-state index contributed by atoms with van der Waals surface area (Å²) in [6.07, 6.45) is 22.9. The van der Waals surface area contributed by atoms with Crippen LogP contribution in [0.15, 0.2) is 299 Å². The average Bonchev–Trinajstić information content (AvgIpc) is 2.52. The zero-order valence-corrected chi connectivity index (χ0v) is 44.5. The summed E-state index contributed by atoms with van der Waals surface area (Å²) in [6, 6.07) is 67.6. The van der Waals surface area contributed by atoms with E-state index in [1.54, 1.807) is 0 Å². The molecule has 4 aliphatic rings. The molecule has 1 unspecified atom stereocenters. The Labute approximate surface area is 464 Å². The zero-order chi connectivity index (χ0) is 54.1. The fourth-order valence-corrected chi connectivity index (χ4v) is 11.1. The zero-order valence-electron chi connectivity index (χ0n) is 44.5. The number of hydrogen-bond acceptors (Lipinski definition) is 4. The molecule has 3 aliphatic carbocycles. The van der Waals surface area contributed by atoms with Crippen molar-refractivity contribution in [3.63, 3.8) is 0 Å². The molecule has 1 aliphatic heterocycles. The van der Waals surface area contributed by atoms with Crippen molar-refractivity contribution in [2.75, 3.05) is 5.73 Å². The summed E-state index contributed by atoms with van der Waals surface area (Å²) in [4.78, 5) is 14.0. The Balaban J connectivity index is 0.000000209. The van der Waals surface area contributed by atoms with Crippen molar-refractivity contribution in [1.82, 2.24) is 0 Å². The van der Waals surface area contributed by atoms with E-state index in [-0.39, 0.29) is 11.3 Å². The maximum Gasteiger partial charge on any atom is 0.160 e. The SMILES string of the molecule is C=NC(=NC(C=C(C)/C(=C\C=C/C)OC1=CCC(c2cccc(-c3ccc4c(c3)OC(=C)/C=C\C=C/4)c2)C=C1)=NCc1ccccc1)c1ccccc1.Nc1cccc2c1-c1ccccc1C21c2ccccc2-c2ccccc21. The molecular weight excluding hydrogens is 965 g/mol. The lowest BCUT2D eigenvalue weighted by atomic mass is 9.70. The van der Waals surface area contributed by atoms with Crippen LogP contribution >= 0.6 is 0 Å². The van der Waals surface area contributed by atoms with E-state index in [1.807, 2.05) is 117 Å². The molecule has 1 spiro atoms. The molecule has 0 aromatic heterocycles. The third-order valence-corrected chi connectivity index (χ3v) is 14.8. The van der Waals surface area contributed by atoms with Gasteiger partial charge < -0.3 is 15.2 Å². The van der Waals surface area contributed by atoms with Gasteiger partial charge in [-0.2, -0.15) is 0 Å². The topological polar surface area (TPSA) is 81.6 Å². The molecule has 79 heavy (non-hydrogen) atoms. The van der Waals surface area contributed by atoms with E-state index in [2.05, 4.69) is 176 Å². The first kappa shape index (κ1) is 51.2. The van der Waals surface area contributed by atoms with Crippen LogP contribution in [-0.2, 0) is 16.7 Å². The molecule has 0 amide bonds. The number of ether oxygens (including phenoxy) is 2. The van der Waals surface area contributed by atoms with Crippen molar-refractivity contribution in [3.05, 3.63) is 329 Å². The molecule has 0 saturated heterocycles. The number of fused-ring (bicyclic) bond motifs is 11. The molecule has 8 aromatic carbocycles. The number of nitrogen functional groups attached to an aromatic ring is 1. The third kappa shape index (κ3) is 10.5. The lowest BCUT2D eigenvalue weighted by molar-refractivity contribution is 0.325. The lowest BCUT2D eigenvalue weighted by Gasteiger charge is -2.30. The number of allylic oxidation sites excluding steroid dienone is 10. The van der Waals surface area contributed by atoms with Gasteiger partial charge in [-0.25, -0.2) is 9.98 Å². The highest BCUT2D eigenvalue weighted by atomic mass is 16.5. The minimum atomic E-state index is -0.269. The predicted octanol–water partition coefficient (Wildman–Crippen LogP) is 17.5. The first-order valence-corrected chi connectivity index (χ1v) is 26.7. The van der Waals surface area contributed by atoms with Crippen LogP contribution in [0, 0.1) is 0 Å². The minimum Gasteiger partial charge on any atom is -0.457 e. The Morgan fingerprint density at radius 1 is 0.696 bits per heavy atom. The molecular formula is C73H60N4O2. The predicted molar refractivity (Wildman–Crippen MR) is 329 cm³/mol. The molecule has 0 saturated carbocycles. The first-order valence-electron chi connectivity index (χ1n) is 26.7. The van der Waals surface area contributed by atoms with Crippen molar-refractivity contribution in [2.45, 2.75) is 38.1 Å². The van der Waals surface area contributed by atoms with Gasteiger partial charge in [0.1, 0.15) is 23.0 Å². The Morgan fingerprint density at radius 3 is 2.05 bits per heavy atom. The number of hydrogen-bond donors (Lipinski definition) is 1. The molecule has 1 heterocycles. The monoisotopic (exact) mass is 1020 g/mol. The van der Waals surface area contributed by atoms with Crippen LogP contribution in [0.2, 0.25) is 0 Å². The second-order valence-corrected chi connectivity index (χ2v) is 19.7. The second-order valence-electron chi connectivity index (χ2n) is 19.7. The molecule has 0 fully saturated rings. The van der Waals surface area contributed by atoms with Crippen LogP contribution in [0.25, 0.3) is 39.5 Å². The normalized spacial score (nSPS) is 16.7. The number of nitrogens with two attached hydrogens (primary N) is 1. The molecule has 1 atom stereocenters. The summed E-state index contributed by atoms with van der Waals surface area (Å²) < 4.78 is 12.6. The number of benzene rings is 8. The fourth-order valence-electron chi connectivity index (χ4n) is 11.1. The highest BCUT2D eigenvalue weighted by molar-refractivity contribution is 6.11. The largest absolute Gasteiger partial charge is 0.457 e. The van der Waals surface area contributed by atoms with Crippen LogP contribution in [0.4, 0.5) is 5.69 Å². The quantitative estimate of drug-likeness (QED) is 0.0487. The molecule has 2 N–H and O–H groups in total. The Bertz CT molecular complexity index is 3880. The van der Waals surface area contributed by atoms with Gasteiger partial charge >= 0.3 is 0 Å². The molecule has 12 rings (SSSR count). The summed E-state index contributed by atoms with van der Waals surface area (Å²) in [5.41, 5.74) is 24.8. The van der Waals surface area contributed by atoms with E-state index in [0.717, 1.165) is 57.0 Å². The van der Waals surface area contributed by atoms with Gasteiger partial charge in [0.25, 0.3) is 0 Å². The smallest absolute Gasteiger partial charge is 0.160 e. The van der Waals surface area contributed by atoms with Gasteiger partial charge in [0.2, 0.25) is 0 Å². The number of nitrogens with zero attached hydrogens (tertiary/aromatic N) is 3. The summed E-state index contributed by atoms with van der Waals surface area (Å²) in [7, 11) is 0. The second kappa shape index (κ2) is 23.1. The molecule has 8 aromatic rings. The van der Waals surface area contributed by atoms with Gasteiger partial charge in [-0.15, -0.1) is 0 Å². The summed E-state index contributed by atoms with van der Waals surface area (Å²) in [6.45, 7) is 12.2. The van der Waals surface area contributed by atoms with E-state index in [0.29, 0.717) is 29.7 Å². The van der Waals surface area contributed by atoms with Crippen molar-refractivity contribution in [1.29, 1.82) is 0 Å². The van der Waals surface area contributed by atoms with E-state index in [9.17, 15) is 0 Å². The molecule has 384 valence electrons. The van der Waals surface area contributed by atoms with Crippen molar-refractivity contribution < 1.29 is 9.47 Å². The van der Waals surface area contributed by atoms with Crippen LogP contribution in [0.1, 0.15) is 70.7 Å². The Morgan fingerprint density at radius 2 is 1.34 bits per heavy atom. The van der Waals surface area contributed by atoms with E-state index in [4.69, 9.17) is 25.2 Å².